The topological polar surface area (TPSA) is 68.2 Å². The van der Waals surface area contributed by atoms with E-state index in [1.54, 1.807) is 0 Å². The summed E-state index contributed by atoms with van der Waals surface area (Å²) in [5, 5.41) is 9.74. The van der Waals surface area contributed by atoms with E-state index < -0.39 is 24.2 Å². The number of rotatable bonds is 4. The zero-order valence-electron chi connectivity index (χ0n) is 16.0. The lowest BCUT2D eigenvalue weighted by Gasteiger charge is -2.34. The van der Waals surface area contributed by atoms with E-state index >= 15 is 0 Å². The van der Waals surface area contributed by atoms with E-state index in [1.165, 1.54) is 6.20 Å². The maximum atomic E-state index is 13.7. The van der Waals surface area contributed by atoms with Crippen LogP contribution in [-0.2, 0) is 4.74 Å². The molecule has 1 aromatic heterocycles. The maximum Gasteiger partial charge on any atom is 0.410 e. The first kappa shape index (κ1) is 19.8. The van der Waals surface area contributed by atoms with Crippen LogP contribution in [0.25, 0.3) is 0 Å². The number of hydrogen-bond acceptors (Lipinski definition) is 4. The molecule has 29 heavy (non-hydrogen) atoms. The molecule has 1 amide bonds. The number of ether oxygens (including phenoxy) is 1. The average molecular weight is 408 g/mol. The molecule has 2 aliphatic heterocycles. The van der Waals surface area contributed by atoms with Crippen molar-refractivity contribution in [3.8, 4) is 0 Å². The number of benzene rings is 1. The number of carbonyl (C=O) groups is 1. The number of carbonyl (C=O) groups excluding carboxylic acids is 1. The largest absolute Gasteiger partial charge is 0.410 e. The van der Waals surface area contributed by atoms with Crippen LogP contribution in [0.15, 0.2) is 30.5 Å². The molecule has 0 saturated carbocycles. The molecular weight excluding hydrogens is 385 g/mol. The summed E-state index contributed by atoms with van der Waals surface area (Å²) in [5.74, 6) is -0.367. The summed E-state index contributed by atoms with van der Waals surface area (Å²) in [6, 6.07) is 4.97. The third kappa shape index (κ3) is 4.10. The lowest BCUT2D eigenvalue weighted by Crippen LogP contribution is -2.37. The molecule has 0 radical (unpaired) electrons. The summed E-state index contributed by atoms with van der Waals surface area (Å²) in [7, 11) is 0. The highest BCUT2D eigenvalue weighted by molar-refractivity contribution is 5.98. The van der Waals surface area contributed by atoms with Gasteiger partial charge in [0.2, 0.25) is 0 Å². The van der Waals surface area contributed by atoms with Crippen molar-refractivity contribution in [3.63, 3.8) is 0 Å². The minimum Gasteiger partial charge on any atom is -0.376 e. The molecule has 1 aromatic carbocycles. The Kier molecular flexibility index (Phi) is 5.24. The Hall–Kier alpha value is -2.55. The molecule has 0 unspecified atom stereocenters. The predicted molar refractivity (Wildman–Crippen MR) is 101 cm³/mol. The van der Waals surface area contributed by atoms with Crippen LogP contribution in [0, 0.1) is 6.92 Å². The average Bonchev–Trinajstić information content (AvgIpc) is 3.35. The SMILES string of the molecule is Cc1ccc([C@H]2C[C@@H](C(F)(F)F)n3ncc(C(=O)NC[C@H]4CCCO4)c3N2)cc1. The van der Waals surface area contributed by atoms with Crippen molar-refractivity contribution in [2.24, 2.45) is 0 Å². The Labute approximate surface area is 166 Å². The molecule has 2 aliphatic rings. The number of aromatic nitrogens is 2. The normalized spacial score (nSPS) is 24.1. The molecule has 1 fully saturated rings. The van der Waals surface area contributed by atoms with Gasteiger partial charge in [0.1, 0.15) is 11.4 Å². The minimum absolute atomic E-state index is 0.0541. The zero-order valence-corrected chi connectivity index (χ0v) is 16.0. The van der Waals surface area contributed by atoms with Crippen LogP contribution < -0.4 is 10.6 Å². The highest BCUT2D eigenvalue weighted by atomic mass is 19.4. The van der Waals surface area contributed by atoms with E-state index in [0.29, 0.717) is 13.2 Å². The van der Waals surface area contributed by atoms with Crippen molar-refractivity contribution in [1.29, 1.82) is 0 Å². The number of alkyl halides is 3. The van der Waals surface area contributed by atoms with E-state index in [1.807, 2.05) is 31.2 Å². The summed E-state index contributed by atoms with van der Waals surface area (Å²) < 4.78 is 47.6. The number of amides is 1. The Balaban J connectivity index is 1.60. The molecule has 2 N–H and O–H groups in total. The Morgan fingerprint density at radius 3 is 2.76 bits per heavy atom. The third-order valence-electron chi connectivity index (χ3n) is 5.48. The Bertz CT molecular complexity index is 873. The van der Waals surface area contributed by atoms with Crippen LogP contribution in [0.5, 0.6) is 0 Å². The van der Waals surface area contributed by atoms with Crippen molar-refractivity contribution in [3.05, 3.63) is 47.2 Å². The van der Waals surface area contributed by atoms with Gasteiger partial charge in [-0.15, -0.1) is 0 Å². The summed E-state index contributed by atoms with van der Waals surface area (Å²) in [5.41, 5.74) is 1.87. The van der Waals surface area contributed by atoms with Gasteiger partial charge in [-0.25, -0.2) is 4.68 Å². The van der Waals surface area contributed by atoms with Gasteiger partial charge in [0.15, 0.2) is 6.04 Å². The fourth-order valence-electron chi connectivity index (χ4n) is 3.85. The quantitative estimate of drug-likeness (QED) is 0.808. The minimum atomic E-state index is -4.47. The summed E-state index contributed by atoms with van der Waals surface area (Å²) in [6.45, 7) is 2.91. The third-order valence-corrected chi connectivity index (χ3v) is 5.48. The molecule has 0 aliphatic carbocycles. The van der Waals surface area contributed by atoms with Gasteiger partial charge in [-0.3, -0.25) is 4.79 Å². The lowest BCUT2D eigenvalue weighted by atomic mass is 9.96. The molecule has 9 heteroatoms. The fourth-order valence-corrected chi connectivity index (χ4v) is 3.85. The summed E-state index contributed by atoms with van der Waals surface area (Å²) >= 11 is 0. The summed E-state index contributed by atoms with van der Waals surface area (Å²) in [4.78, 5) is 12.6. The van der Waals surface area contributed by atoms with Crippen LogP contribution in [-0.4, -0.2) is 41.1 Å². The van der Waals surface area contributed by atoms with Gasteiger partial charge >= 0.3 is 6.18 Å². The number of halogens is 3. The smallest absolute Gasteiger partial charge is 0.376 e. The molecule has 3 atom stereocenters. The first-order chi connectivity index (χ1) is 13.8. The molecule has 1 saturated heterocycles. The van der Waals surface area contributed by atoms with Crippen molar-refractivity contribution >= 4 is 11.7 Å². The predicted octanol–water partition coefficient (Wildman–Crippen LogP) is 3.76. The van der Waals surface area contributed by atoms with Gasteiger partial charge in [-0.05, 0) is 25.3 Å². The Morgan fingerprint density at radius 2 is 2.10 bits per heavy atom. The second kappa shape index (κ2) is 7.70. The molecule has 6 nitrogen and oxygen atoms in total. The zero-order chi connectivity index (χ0) is 20.6. The van der Waals surface area contributed by atoms with E-state index in [4.69, 9.17) is 4.74 Å². The fraction of sp³-hybridized carbons (Fsp3) is 0.500. The van der Waals surface area contributed by atoms with Gasteiger partial charge in [-0.2, -0.15) is 18.3 Å². The van der Waals surface area contributed by atoms with Crippen LogP contribution in [0.3, 0.4) is 0 Å². The van der Waals surface area contributed by atoms with Crippen LogP contribution in [0.4, 0.5) is 19.0 Å². The van der Waals surface area contributed by atoms with Gasteiger partial charge in [-0.1, -0.05) is 29.8 Å². The van der Waals surface area contributed by atoms with Crippen LogP contribution >= 0.6 is 0 Å². The van der Waals surface area contributed by atoms with Crippen molar-refractivity contribution < 1.29 is 22.7 Å². The van der Waals surface area contributed by atoms with Crippen molar-refractivity contribution in [2.45, 2.75) is 50.6 Å². The molecule has 4 rings (SSSR count). The second-order valence-corrected chi connectivity index (χ2v) is 7.60. The monoisotopic (exact) mass is 408 g/mol. The van der Waals surface area contributed by atoms with E-state index in [-0.39, 0.29) is 23.9 Å². The molecule has 0 spiro atoms. The van der Waals surface area contributed by atoms with Gasteiger partial charge < -0.3 is 15.4 Å². The first-order valence-corrected chi connectivity index (χ1v) is 9.70. The number of hydrogen-bond donors (Lipinski definition) is 2. The number of nitrogens with one attached hydrogen (secondary N) is 2. The molecular formula is C20H23F3N4O2. The molecule has 156 valence electrons. The highest BCUT2D eigenvalue weighted by Crippen LogP contribution is 2.44. The lowest BCUT2D eigenvalue weighted by molar-refractivity contribution is -0.173. The molecule has 0 bridgehead atoms. The van der Waals surface area contributed by atoms with Gasteiger partial charge in [0.25, 0.3) is 5.91 Å². The van der Waals surface area contributed by atoms with Crippen LogP contribution in [0.2, 0.25) is 0 Å². The van der Waals surface area contributed by atoms with Crippen molar-refractivity contribution in [1.82, 2.24) is 15.1 Å². The maximum absolute atomic E-state index is 13.7. The standard InChI is InChI=1S/C20H23F3N4O2/c1-12-4-6-13(7-5-12)16-9-17(20(21,22)23)27-18(26-16)15(11-25-27)19(28)24-10-14-3-2-8-29-14/h4-7,11,14,16-17,26H,2-3,8-10H2,1H3,(H,24,28)/t14-,16-,17+/m1/s1. The first-order valence-electron chi connectivity index (χ1n) is 9.70. The van der Waals surface area contributed by atoms with E-state index in [9.17, 15) is 18.0 Å². The molecule has 2 aromatic rings. The molecule has 3 heterocycles. The number of nitrogens with zero attached hydrogens (tertiary/aromatic N) is 2. The van der Waals surface area contributed by atoms with E-state index in [0.717, 1.165) is 28.7 Å². The van der Waals surface area contributed by atoms with Gasteiger partial charge in [0, 0.05) is 19.6 Å². The highest BCUT2D eigenvalue weighted by Gasteiger charge is 2.47. The van der Waals surface area contributed by atoms with Gasteiger partial charge in [0.05, 0.1) is 18.3 Å². The number of anilines is 1. The summed E-state index contributed by atoms with van der Waals surface area (Å²) in [6.07, 6.45) is -1.73. The number of aryl methyl sites for hydroxylation is 1. The second-order valence-electron chi connectivity index (χ2n) is 7.60. The van der Waals surface area contributed by atoms with E-state index in [2.05, 4.69) is 15.7 Å². The van der Waals surface area contributed by atoms with Crippen molar-refractivity contribution in [2.75, 3.05) is 18.5 Å². The van der Waals surface area contributed by atoms with Crippen LogP contribution in [0.1, 0.15) is 52.8 Å². The number of fused-ring (bicyclic) bond motifs is 1. The Morgan fingerprint density at radius 1 is 1.34 bits per heavy atom.